The van der Waals surface area contributed by atoms with Gasteiger partial charge in [-0.05, 0) is 18.9 Å². The predicted molar refractivity (Wildman–Crippen MR) is 73.3 cm³/mol. The zero-order valence-electron chi connectivity index (χ0n) is 10.4. The Kier molecular flexibility index (Phi) is 6.26. The largest absolute Gasteiger partial charge is 0.359 e. The van der Waals surface area contributed by atoms with Gasteiger partial charge in [0, 0.05) is 37.7 Å². The van der Waals surface area contributed by atoms with Crippen molar-refractivity contribution >= 4 is 17.6 Å². The molecule has 0 fully saturated rings. The number of thioether (sulfide) groups is 1. The highest BCUT2D eigenvalue weighted by molar-refractivity contribution is 7.98. The Morgan fingerprint density at radius 3 is 3.00 bits per heavy atom. The summed E-state index contributed by atoms with van der Waals surface area (Å²) >= 11 is 1.86. The van der Waals surface area contributed by atoms with Crippen molar-refractivity contribution in [3.05, 3.63) is 23.9 Å². The maximum atomic E-state index is 4.46. The zero-order valence-corrected chi connectivity index (χ0v) is 11.2. The molecule has 1 heterocycles. The molecular formula is C12H21N3S. The van der Waals surface area contributed by atoms with Gasteiger partial charge in [-0.15, -0.1) is 0 Å². The Balaban J connectivity index is 2.68. The maximum absolute atomic E-state index is 4.46. The summed E-state index contributed by atoms with van der Waals surface area (Å²) in [5.41, 5.74) is 1.27. The van der Waals surface area contributed by atoms with Crippen LogP contribution in [-0.2, 0) is 6.54 Å². The Morgan fingerprint density at radius 2 is 2.31 bits per heavy atom. The van der Waals surface area contributed by atoms with E-state index in [0.717, 1.165) is 31.2 Å². The fourth-order valence-electron chi connectivity index (χ4n) is 1.51. The zero-order chi connectivity index (χ0) is 11.8. The van der Waals surface area contributed by atoms with Crippen molar-refractivity contribution in [2.24, 2.45) is 0 Å². The minimum absolute atomic E-state index is 0.892. The molecule has 0 saturated heterocycles. The lowest BCUT2D eigenvalue weighted by atomic mass is 10.2. The van der Waals surface area contributed by atoms with Crippen LogP contribution in [0, 0.1) is 0 Å². The van der Waals surface area contributed by atoms with Crippen LogP contribution < -0.4 is 10.2 Å². The Bertz CT molecular complexity index is 304. The van der Waals surface area contributed by atoms with Gasteiger partial charge in [0.15, 0.2) is 0 Å². The highest BCUT2D eigenvalue weighted by Crippen LogP contribution is 2.15. The molecule has 0 bridgehead atoms. The van der Waals surface area contributed by atoms with Crippen molar-refractivity contribution in [1.82, 2.24) is 10.3 Å². The minimum atomic E-state index is 0.892. The lowest BCUT2D eigenvalue weighted by Gasteiger charge is -2.20. The number of aromatic nitrogens is 1. The van der Waals surface area contributed by atoms with Gasteiger partial charge in [-0.25, -0.2) is 4.98 Å². The first-order chi connectivity index (χ1) is 7.79. The molecule has 0 amide bonds. The van der Waals surface area contributed by atoms with E-state index >= 15 is 0 Å². The number of hydrogen-bond donors (Lipinski definition) is 1. The Hall–Kier alpha value is -0.740. The summed E-state index contributed by atoms with van der Waals surface area (Å²) < 4.78 is 0. The van der Waals surface area contributed by atoms with E-state index in [1.165, 1.54) is 5.56 Å². The molecule has 0 atom stereocenters. The van der Waals surface area contributed by atoms with Crippen LogP contribution in [0.15, 0.2) is 18.3 Å². The smallest absolute Gasteiger partial charge is 0.132 e. The number of nitrogens with zero attached hydrogens (tertiary/aromatic N) is 2. The van der Waals surface area contributed by atoms with Crippen LogP contribution in [0.2, 0.25) is 0 Å². The molecule has 0 spiro atoms. The van der Waals surface area contributed by atoms with Gasteiger partial charge < -0.3 is 10.2 Å². The quantitative estimate of drug-likeness (QED) is 0.787. The first-order valence-electron chi connectivity index (χ1n) is 5.64. The molecule has 1 aromatic heterocycles. The van der Waals surface area contributed by atoms with E-state index in [-0.39, 0.29) is 0 Å². The lowest BCUT2D eigenvalue weighted by Crippen LogP contribution is -2.24. The number of pyridine rings is 1. The van der Waals surface area contributed by atoms with Gasteiger partial charge in [0.2, 0.25) is 0 Å². The molecule has 0 aliphatic carbocycles. The minimum Gasteiger partial charge on any atom is -0.359 e. The van der Waals surface area contributed by atoms with Crippen LogP contribution in [0.3, 0.4) is 0 Å². The number of anilines is 1. The molecule has 0 aromatic carbocycles. The number of nitrogens with one attached hydrogen (secondary N) is 1. The fourth-order valence-corrected chi connectivity index (χ4v) is 1.96. The third kappa shape index (κ3) is 4.02. The van der Waals surface area contributed by atoms with Gasteiger partial charge in [0.1, 0.15) is 5.82 Å². The molecule has 16 heavy (non-hydrogen) atoms. The molecule has 1 N–H and O–H groups in total. The van der Waals surface area contributed by atoms with Crippen LogP contribution in [0.25, 0.3) is 0 Å². The van der Waals surface area contributed by atoms with Crippen molar-refractivity contribution in [2.75, 3.05) is 37.0 Å². The van der Waals surface area contributed by atoms with Crippen molar-refractivity contribution < 1.29 is 0 Å². The first kappa shape index (κ1) is 13.3. The SMILES string of the molecule is CCNCc1cccnc1N(C)CCSC. The molecule has 90 valence electrons. The summed E-state index contributed by atoms with van der Waals surface area (Å²) in [4.78, 5) is 6.69. The van der Waals surface area contributed by atoms with E-state index in [4.69, 9.17) is 0 Å². The predicted octanol–water partition coefficient (Wildman–Crippen LogP) is 1.99. The van der Waals surface area contributed by atoms with E-state index in [9.17, 15) is 0 Å². The highest BCUT2D eigenvalue weighted by Gasteiger charge is 2.07. The summed E-state index contributed by atoms with van der Waals surface area (Å²) in [7, 11) is 2.11. The van der Waals surface area contributed by atoms with E-state index in [1.807, 2.05) is 24.0 Å². The van der Waals surface area contributed by atoms with Crippen molar-refractivity contribution in [1.29, 1.82) is 0 Å². The first-order valence-corrected chi connectivity index (χ1v) is 7.03. The van der Waals surface area contributed by atoms with Crippen LogP contribution in [0.5, 0.6) is 0 Å². The topological polar surface area (TPSA) is 28.2 Å². The lowest BCUT2D eigenvalue weighted by molar-refractivity contribution is 0.721. The highest BCUT2D eigenvalue weighted by atomic mass is 32.2. The number of rotatable bonds is 7. The maximum Gasteiger partial charge on any atom is 0.132 e. The van der Waals surface area contributed by atoms with Gasteiger partial charge in [-0.2, -0.15) is 11.8 Å². The van der Waals surface area contributed by atoms with Crippen molar-refractivity contribution in [3.63, 3.8) is 0 Å². The second kappa shape index (κ2) is 7.52. The Morgan fingerprint density at radius 1 is 1.50 bits per heavy atom. The number of hydrogen-bond acceptors (Lipinski definition) is 4. The summed E-state index contributed by atoms with van der Waals surface area (Å²) in [6, 6.07) is 4.14. The monoisotopic (exact) mass is 239 g/mol. The third-order valence-electron chi connectivity index (χ3n) is 2.43. The van der Waals surface area contributed by atoms with Crippen LogP contribution in [0.4, 0.5) is 5.82 Å². The van der Waals surface area contributed by atoms with Gasteiger partial charge in [-0.3, -0.25) is 0 Å². The summed E-state index contributed by atoms with van der Waals surface area (Å²) in [5.74, 6) is 2.23. The van der Waals surface area contributed by atoms with E-state index in [2.05, 4.69) is 41.5 Å². The van der Waals surface area contributed by atoms with Gasteiger partial charge >= 0.3 is 0 Å². The molecule has 1 aromatic rings. The average molecular weight is 239 g/mol. The normalized spacial score (nSPS) is 10.4. The van der Waals surface area contributed by atoms with E-state index in [0.29, 0.717) is 0 Å². The van der Waals surface area contributed by atoms with Crippen LogP contribution in [-0.4, -0.2) is 37.1 Å². The summed E-state index contributed by atoms with van der Waals surface area (Å²) in [5, 5.41) is 3.34. The Labute approximate surface area is 103 Å². The molecule has 3 nitrogen and oxygen atoms in total. The molecule has 0 aliphatic heterocycles. The summed E-state index contributed by atoms with van der Waals surface area (Å²) in [6.07, 6.45) is 3.99. The third-order valence-corrected chi connectivity index (χ3v) is 3.02. The molecule has 4 heteroatoms. The van der Waals surface area contributed by atoms with E-state index in [1.54, 1.807) is 0 Å². The molecule has 0 radical (unpaired) electrons. The second-order valence-electron chi connectivity index (χ2n) is 3.68. The van der Waals surface area contributed by atoms with Crippen molar-refractivity contribution in [3.8, 4) is 0 Å². The molecule has 0 unspecified atom stereocenters. The molecule has 0 saturated carbocycles. The van der Waals surface area contributed by atoms with Gasteiger partial charge in [0.05, 0.1) is 0 Å². The van der Waals surface area contributed by atoms with Crippen LogP contribution in [0.1, 0.15) is 12.5 Å². The summed E-state index contributed by atoms with van der Waals surface area (Å²) in [6.45, 7) is 5.04. The molecule has 0 aliphatic rings. The molecular weight excluding hydrogens is 218 g/mol. The van der Waals surface area contributed by atoms with Gasteiger partial charge in [0.25, 0.3) is 0 Å². The fraction of sp³-hybridized carbons (Fsp3) is 0.583. The van der Waals surface area contributed by atoms with Crippen molar-refractivity contribution in [2.45, 2.75) is 13.5 Å². The average Bonchev–Trinajstić information content (AvgIpc) is 2.33. The second-order valence-corrected chi connectivity index (χ2v) is 4.67. The van der Waals surface area contributed by atoms with Crippen LogP contribution >= 0.6 is 11.8 Å². The van der Waals surface area contributed by atoms with Gasteiger partial charge in [-0.1, -0.05) is 13.0 Å². The standard InChI is InChI=1S/C12H21N3S/c1-4-13-10-11-6-5-7-14-12(11)15(2)8-9-16-3/h5-7,13H,4,8-10H2,1-3H3. The van der Waals surface area contributed by atoms with E-state index < -0.39 is 0 Å². The molecule has 1 rings (SSSR count).